The summed E-state index contributed by atoms with van der Waals surface area (Å²) < 4.78 is 0. The molecule has 0 fully saturated rings. The standard InChI is InChI=1S/C7H17NSi/c1-9(2,3)7-5-4-6-8/h5,7H,4,6,8H2,1-3H3. The van der Waals surface area contributed by atoms with E-state index in [2.05, 4.69) is 31.4 Å². The molecule has 54 valence electrons. The van der Waals surface area contributed by atoms with Crippen LogP contribution in [0.3, 0.4) is 0 Å². The Kier molecular flexibility index (Phi) is 3.82. The molecule has 0 radical (unpaired) electrons. The molecule has 0 rings (SSSR count). The molecule has 0 aromatic carbocycles. The Morgan fingerprint density at radius 2 is 1.89 bits per heavy atom. The molecule has 0 atom stereocenters. The second-order valence-electron chi connectivity index (χ2n) is 3.35. The quantitative estimate of drug-likeness (QED) is 0.599. The maximum Gasteiger partial charge on any atom is 0.0682 e. The summed E-state index contributed by atoms with van der Waals surface area (Å²) in [6.45, 7) is 7.74. The molecule has 0 heterocycles. The van der Waals surface area contributed by atoms with Gasteiger partial charge in [0.15, 0.2) is 0 Å². The smallest absolute Gasteiger partial charge is 0.0682 e. The van der Waals surface area contributed by atoms with Gasteiger partial charge in [0.2, 0.25) is 0 Å². The first-order valence-corrected chi connectivity index (χ1v) is 7.02. The van der Waals surface area contributed by atoms with Crippen LogP contribution in [0.2, 0.25) is 19.6 Å². The van der Waals surface area contributed by atoms with Gasteiger partial charge >= 0.3 is 0 Å². The highest BCUT2D eigenvalue weighted by Crippen LogP contribution is 2.01. The van der Waals surface area contributed by atoms with Crippen LogP contribution in [0.5, 0.6) is 0 Å². The van der Waals surface area contributed by atoms with Crippen molar-refractivity contribution >= 4 is 8.07 Å². The zero-order chi connectivity index (χ0) is 7.33. The van der Waals surface area contributed by atoms with Crippen LogP contribution in [0.1, 0.15) is 6.42 Å². The van der Waals surface area contributed by atoms with Gasteiger partial charge < -0.3 is 5.73 Å². The fraction of sp³-hybridized carbons (Fsp3) is 0.714. The second-order valence-corrected chi connectivity index (χ2v) is 8.41. The van der Waals surface area contributed by atoms with Gasteiger partial charge in [-0.05, 0) is 13.0 Å². The molecule has 0 amide bonds. The largest absolute Gasteiger partial charge is 0.330 e. The van der Waals surface area contributed by atoms with Gasteiger partial charge in [0.05, 0.1) is 8.07 Å². The van der Waals surface area contributed by atoms with Gasteiger partial charge in [0.1, 0.15) is 0 Å². The SMILES string of the molecule is C[Si](C)(C)C=CCCN. The average Bonchev–Trinajstić information content (AvgIpc) is 1.63. The van der Waals surface area contributed by atoms with Crippen LogP contribution in [0, 0.1) is 0 Å². The van der Waals surface area contributed by atoms with Crippen LogP contribution in [0.25, 0.3) is 0 Å². The van der Waals surface area contributed by atoms with Gasteiger partial charge in [0.25, 0.3) is 0 Å². The van der Waals surface area contributed by atoms with Crippen LogP contribution in [0.15, 0.2) is 11.8 Å². The maximum absolute atomic E-state index is 5.32. The molecule has 0 aliphatic heterocycles. The minimum atomic E-state index is -0.931. The van der Waals surface area contributed by atoms with E-state index in [1.54, 1.807) is 0 Å². The predicted molar refractivity (Wildman–Crippen MR) is 46.2 cm³/mol. The average molecular weight is 143 g/mol. The summed E-state index contributed by atoms with van der Waals surface area (Å²) in [6.07, 6.45) is 3.23. The summed E-state index contributed by atoms with van der Waals surface area (Å²) in [5.41, 5.74) is 7.66. The molecule has 0 saturated heterocycles. The summed E-state index contributed by atoms with van der Waals surface area (Å²) >= 11 is 0. The second kappa shape index (κ2) is 3.85. The Bertz CT molecular complexity index is 91.6. The van der Waals surface area contributed by atoms with Crippen molar-refractivity contribution in [3.05, 3.63) is 11.8 Å². The van der Waals surface area contributed by atoms with Gasteiger partial charge in [-0.25, -0.2) is 0 Å². The zero-order valence-corrected chi connectivity index (χ0v) is 7.65. The normalized spacial score (nSPS) is 12.9. The minimum Gasteiger partial charge on any atom is -0.330 e. The highest BCUT2D eigenvalue weighted by atomic mass is 28.3. The van der Waals surface area contributed by atoms with Crippen molar-refractivity contribution in [1.29, 1.82) is 0 Å². The topological polar surface area (TPSA) is 26.0 Å². The molecular formula is C7H17NSi. The summed E-state index contributed by atoms with van der Waals surface area (Å²) in [5, 5.41) is 0. The van der Waals surface area contributed by atoms with Crippen molar-refractivity contribution in [2.75, 3.05) is 6.54 Å². The van der Waals surface area contributed by atoms with E-state index in [1.165, 1.54) is 0 Å². The van der Waals surface area contributed by atoms with Gasteiger partial charge in [0, 0.05) is 0 Å². The van der Waals surface area contributed by atoms with Crippen LogP contribution >= 0.6 is 0 Å². The molecule has 0 aromatic heterocycles. The third-order valence-corrected chi connectivity index (χ3v) is 2.19. The fourth-order valence-electron chi connectivity index (χ4n) is 0.533. The summed E-state index contributed by atoms with van der Waals surface area (Å²) in [7, 11) is -0.931. The Morgan fingerprint density at radius 1 is 1.33 bits per heavy atom. The van der Waals surface area contributed by atoms with Gasteiger partial charge in [-0.3, -0.25) is 0 Å². The summed E-state index contributed by atoms with van der Waals surface area (Å²) in [6, 6.07) is 0. The highest BCUT2D eigenvalue weighted by Gasteiger charge is 2.05. The third kappa shape index (κ3) is 7.92. The lowest BCUT2D eigenvalue weighted by Gasteiger charge is -2.07. The molecule has 0 saturated carbocycles. The molecule has 1 nitrogen and oxygen atoms in total. The van der Waals surface area contributed by atoms with Crippen molar-refractivity contribution in [1.82, 2.24) is 0 Å². The first kappa shape index (κ1) is 8.92. The molecule has 0 bridgehead atoms. The lowest BCUT2D eigenvalue weighted by atomic mass is 10.4. The van der Waals surface area contributed by atoms with E-state index in [1.807, 2.05) is 0 Å². The van der Waals surface area contributed by atoms with Crippen molar-refractivity contribution < 1.29 is 0 Å². The first-order valence-electron chi connectivity index (χ1n) is 3.44. The van der Waals surface area contributed by atoms with Gasteiger partial charge in [-0.1, -0.05) is 31.4 Å². The van der Waals surface area contributed by atoms with E-state index >= 15 is 0 Å². The van der Waals surface area contributed by atoms with Crippen molar-refractivity contribution in [3.63, 3.8) is 0 Å². The van der Waals surface area contributed by atoms with E-state index in [0.717, 1.165) is 13.0 Å². The molecule has 0 aliphatic carbocycles. The van der Waals surface area contributed by atoms with E-state index in [4.69, 9.17) is 5.73 Å². The first-order chi connectivity index (χ1) is 4.06. The Morgan fingerprint density at radius 3 is 2.22 bits per heavy atom. The molecule has 2 N–H and O–H groups in total. The monoisotopic (exact) mass is 143 g/mol. The number of nitrogens with two attached hydrogens (primary N) is 1. The van der Waals surface area contributed by atoms with Crippen molar-refractivity contribution in [2.24, 2.45) is 5.73 Å². The van der Waals surface area contributed by atoms with Gasteiger partial charge in [-0.15, -0.1) is 0 Å². The summed E-state index contributed by atoms with van der Waals surface area (Å²) in [4.78, 5) is 0. The number of hydrogen-bond acceptors (Lipinski definition) is 1. The Labute approximate surface area is 59.0 Å². The third-order valence-electron chi connectivity index (χ3n) is 0.951. The van der Waals surface area contributed by atoms with Crippen molar-refractivity contribution in [3.8, 4) is 0 Å². The number of hydrogen-bond donors (Lipinski definition) is 1. The molecule has 2 heteroatoms. The predicted octanol–water partition coefficient (Wildman–Crippen LogP) is 1.77. The molecular weight excluding hydrogens is 126 g/mol. The van der Waals surface area contributed by atoms with E-state index in [0.29, 0.717) is 0 Å². The maximum atomic E-state index is 5.32. The van der Waals surface area contributed by atoms with E-state index in [-0.39, 0.29) is 0 Å². The van der Waals surface area contributed by atoms with Crippen LogP contribution < -0.4 is 5.73 Å². The number of rotatable bonds is 3. The highest BCUT2D eigenvalue weighted by molar-refractivity contribution is 6.80. The molecule has 0 aromatic rings. The van der Waals surface area contributed by atoms with Crippen molar-refractivity contribution in [2.45, 2.75) is 26.1 Å². The molecule has 0 spiro atoms. The summed E-state index contributed by atoms with van der Waals surface area (Å²) in [5.74, 6) is 0. The van der Waals surface area contributed by atoms with Crippen LogP contribution in [0.4, 0.5) is 0 Å². The lowest BCUT2D eigenvalue weighted by Crippen LogP contribution is -2.15. The molecule has 0 unspecified atom stereocenters. The Balaban J connectivity index is 3.45. The fourth-order valence-corrected chi connectivity index (χ4v) is 1.41. The van der Waals surface area contributed by atoms with E-state index in [9.17, 15) is 0 Å². The lowest BCUT2D eigenvalue weighted by molar-refractivity contribution is 1.01. The molecule has 9 heavy (non-hydrogen) atoms. The minimum absolute atomic E-state index is 0.779. The van der Waals surface area contributed by atoms with E-state index < -0.39 is 8.07 Å². The van der Waals surface area contributed by atoms with Crippen LogP contribution in [-0.4, -0.2) is 14.6 Å². The molecule has 0 aliphatic rings. The zero-order valence-electron chi connectivity index (χ0n) is 6.65. The Hall–Kier alpha value is -0.0831. The van der Waals surface area contributed by atoms with Crippen LogP contribution in [-0.2, 0) is 0 Å². The van der Waals surface area contributed by atoms with Gasteiger partial charge in [-0.2, -0.15) is 0 Å².